The lowest BCUT2D eigenvalue weighted by atomic mass is 10.1. The Morgan fingerprint density at radius 2 is 1.83 bits per heavy atom. The highest BCUT2D eigenvalue weighted by Gasteiger charge is 2.41. The Balaban J connectivity index is 3.00. The minimum absolute atomic E-state index is 0.0382. The van der Waals surface area contributed by atoms with Crippen LogP contribution >= 0.6 is 0 Å². The molecule has 18 heavy (non-hydrogen) atoms. The van der Waals surface area contributed by atoms with E-state index in [2.05, 4.69) is 13.8 Å². The molecule has 0 amide bonds. The standard InChI is InChI=1S/C13H20F3NO/c1-8(2)5-6-17-9(3)7-11(10(17)4)12(18)13(14,15)16/h7-8,12,18H,5-6H2,1-4H3. The number of aliphatic hydroxyl groups excluding tert-OH is 1. The van der Waals surface area contributed by atoms with Crippen molar-refractivity contribution in [2.24, 2.45) is 5.92 Å². The van der Waals surface area contributed by atoms with E-state index in [4.69, 9.17) is 0 Å². The van der Waals surface area contributed by atoms with Gasteiger partial charge in [-0.3, -0.25) is 0 Å². The fourth-order valence-electron chi connectivity index (χ4n) is 2.01. The molecule has 1 heterocycles. The largest absolute Gasteiger partial charge is 0.418 e. The van der Waals surface area contributed by atoms with Gasteiger partial charge in [0.05, 0.1) is 0 Å². The van der Waals surface area contributed by atoms with Crippen LogP contribution in [-0.4, -0.2) is 15.8 Å². The summed E-state index contributed by atoms with van der Waals surface area (Å²) in [4.78, 5) is 0. The smallest absolute Gasteiger partial charge is 0.379 e. The average Bonchev–Trinajstić information content (AvgIpc) is 2.49. The van der Waals surface area contributed by atoms with E-state index in [1.165, 1.54) is 6.07 Å². The normalized spacial score (nSPS) is 14.3. The van der Waals surface area contributed by atoms with Crippen LogP contribution in [0.3, 0.4) is 0 Å². The number of hydrogen-bond acceptors (Lipinski definition) is 1. The lowest BCUT2D eigenvalue weighted by Crippen LogP contribution is -2.20. The van der Waals surface area contributed by atoms with Gasteiger partial charge in [-0.15, -0.1) is 0 Å². The van der Waals surface area contributed by atoms with Gasteiger partial charge in [-0.25, -0.2) is 0 Å². The first-order valence-corrected chi connectivity index (χ1v) is 6.06. The summed E-state index contributed by atoms with van der Waals surface area (Å²) in [5, 5.41) is 9.31. The minimum atomic E-state index is -4.61. The summed E-state index contributed by atoms with van der Waals surface area (Å²) < 4.78 is 39.4. The molecule has 0 bridgehead atoms. The zero-order valence-corrected chi connectivity index (χ0v) is 11.2. The SMILES string of the molecule is Cc1cc(C(O)C(F)(F)F)c(C)n1CCC(C)C. The first-order chi connectivity index (χ1) is 8.14. The molecule has 1 N–H and O–H groups in total. The molecule has 0 aliphatic rings. The van der Waals surface area contributed by atoms with Gasteiger partial charge in [0.15, 0.2) is 6.10 Å². The number of halogens is 3. The molecule has 2 nitrogen and oxygen atoms in total. The first kappa shape index (κ1) is 15.1. The molecule has 1 rings (SSSR count). The van der Waals surface area contributed by atoms with Gasteiger partial charge in [0.2, 0.25) is 0 Å². The predicted molar refractivity (Wildman–Crippen MR) is 64.4 cm³/mol. The molecule has 5 heteroatoms. The zero-order chi connectivity index (χ0) is 14.1. The monoisotopic (exact) mass is 263 g/mol. The molecule has 0 saturated carbocycles. The molecule has 0 aliphatic carbocycles. The fourth-order valence-corrected chi connectivity index (χ4v) is 2.01. The van der Waals surface area contributed by atoms with Gasteiger partial charge in [-0.2, -0.15) is 13.2 Å². The van der Waals surface area contributed by atoms with Crippen LogP contribution in [0.25, 0.3) is 0 Å². The maximum Gasteiger partial charge on any atom is 0.418 e. The van der Waals surface area contributed by atoms with E-state index in [-0.39, 0.29) is 5.56 Å². The fraction of sp³-hybridized carbons (Fsp3) is 0.692. The van der Waals surface area contributed by atoms with Gasteiger partial charge >= 0.3 is 6.18 Å². The van der Waals surface area contributed by atoms with E-state index < -0.39 is 12.3 Å². The Labute approximate surface area is 105 Å². The van der Waals surface area contributed by atoms with Crippen LogP contribution < -0.4 is 0 Å². The molecule has 0 spiro atoms. The molecule has 0 radical (unpaired) electrons. The maximum absolute atomic E-state index is 12.5. The molecule has 104 valence electrons. The molecule has 1 aromatic rings. The van der Waals surface area contributed by atoms with Crippen LogP contribution in [-0.2, 0) is 6.54 Å². The van der Waals surface area contributed by atoms with Crippen LogP contribution in [0.4, 0.5) is 13.2 Å². The molecule has 1 aromatic heterocycles. The van der Waals surface area contributed by atoms with Crippen LogP contribution in [0.1, 0.15) is 43.3 Å². The Morgan fingerprint density at radius 3 is 2.28 bits per heavy atom. The quantitative estimate of drug-likeness (QED) is 0.879. The molecular weight excluding hydrogens is 243 g/mol. The van der Waals surface area contributed by atoms with E-state index in [9.17, 15) is 18.3 Å². The molecule has 0 saturated heterocycles. The highest BCUT2D eigenvalue weighted by atomic mass is 19.4. The lowest BCUT2D eigenvalue weighted by Gasteiger charge is -2.16. The van der Waals surface area contributed by atoms with Crippen molar-refractivity contribution in [3.8, 4) is 0 Å². The van der Waals surface area contributed by atoms with Gasteiger partial charge in [0.1, 0.15) is 0 Å². The Kier molecular flexibility index (Phi) is 4.48. The van der Waals surface area contributed by atoms with E-state index >= 15 is 0 Å². The second-order valence-electron chi connectivity index (χ2n) is 5.10. The summed E-state index contributed by atoms with van der Waals surface area (Å²) >= 11 is 0. The number of nitrogens with zero attached hydrogens (tertiary/aromatic N) is 1. The third-order valence-corrected chi connectivity index (χ3v) is 3.15. The van der Waals surface area contributed by atoms with Crippen molar-refractivity contribution >= 4 is 0 Å². The summed E-state index contributed by atoms with van der Waals surface area (Å²) in [7, 11) is 0. The molecule has 0 fully saturated rings. The molecule has 0 aliphatic heterocycles. The van der Waals surface area contributed by atoms with E-state index in [1.54, 1.807) is 13.8 Å². The Hall–Kier alpha value is -0.970. The van der Waals surface area contributed by atoms with Crippen molar-refractivity contribution in [3.05, 3.63) is 23.0 Å². The van der Waals surface area contributed by atoms with Crippen molar-refractivity contribution < 1.29 is 18.3 Å². The summed E-state index contributed by atoms with van der Waals surface area (Å²) in [6.07, 6.45) is -6.10. The van der Waals surface area contributed by atoms with Crippen LogP contribution in [0.15, 0.2) is 6.07 Å². The minimum Gasteiger partial charge on any atom is -0.379 e. The van der Waals surface area contributed by atoms with Gasteiger partial charge in [-0.1, -0.05) is 13.8 Å². The highest BCUT2D eigenvalue weighted by Crippen LogP contribution is 2.35. The molecule has 1 atom stereocenters. The number of hydrogen-bond donors (Lipinski definition) is 1. The topological polar surface area (TPSA) is 25.2 Å². The first-order valence-electron chi connectivity index (χ1n) is 6.06. The van der Waals surface area contributed by atoms with Crippen molar-refractivity contribution in [1.82, 2.24) is 4.57 Å². The molecule has 0 aromatic carbocycles. The third-order valence-electron chi connectivity index (χ3n) is 3.15. The van der Waals surface area contributed by atoms with Crippen molar-refractivity contribution in [3.63, 3.8) is 0 Å². The van der Waals surface area contributed by atoms with Gasteiger partial charge in [0.25, 0.3) is 0 Å². The Morgan fingerprint density at radius 1 is 1.28 bits per heavy atom. The lowest BCUT2D eigenvalue weighted by molar-refractivity contribution is -0.206. The number of aromatic nitrogens is 1. The van der Waals surface area contributed by atoms with E-state index in [1.807, 2.05) is 4.57 Å². The van der Waals surface area contributed by atoms with Crippen molar-refractivity contribution in [2.75, 3.05) is 0 Å². The summed E-state index contributed by atoms with van der Waals surface area (Å²) in [5.41, 5.74) is 1.22. The second kappa shape index (κ2) is 5.34. The third kappa shape index (κ3) is 3.28. The highest BCUT2D eigenvalue weighted by molar-refractivity contribution is 5.29. The predicted octanol–water partition coefficient (Wildman–Crippen LogP) is 3.75. The van der Waals surface area contributed by atoms with Crippen LogP contribution in [0.5, 0.6) is 0 Å². The summed E-state index contributed by atoms with van der Waals surface area (Å²) in [6.45, 7) is 8.21. The van der Waals surface area contributed by atoms with Crippen LogP contribution in [0.2, 0.25) is 0 Å². The number of rotatable bonds is 4. The van der Waals surface area contributed by atoms with Crippen LogP contribution in [0, 0.1) is 19.8 Å². The molecule has 1 unspecified atom stereocenters. The summed E-state index contributed by atoms with van der Waals surface area (Å²) in [6, 6.07) is 1.42. The second-order valence-corrected chi connectivity index (χ2v) is 5.10. The van der Waals surface area contributed by atoms with E-state index in [0.717, 1.165) is 12.1 Å². The van der Waals surface area contributed by atoms with E-state index in [0.29, 0.717) is 18.2 Å². The van der Waals surface area contributed by atoms with Gasteiger partial charge < -0.3 is 9.67 Å². The Bertz CT molecular complexity index is 407. The number of aryl methyl sites for hydroxylation is 1. The zero-order valence-electron chi connectivity index (χ0n) is 11.2. The average molecular weight is 263 g/mol. The van der Waals surface area contributed by atoms with Gasteiger partial charge in [0, 0.05) is 23.5 Å². The maximum atomic E-state index is 12.5. The van der Waals surface area contributed by atoms with Gasteiger partial charge in [-0.05, 0) is 32.3 Å². The number of aliphatic hydroxyl groups is 1. The summed E-state index contributed by atoms with van der Waals surface area (Å²) in [5.74, 6) is 0.488. The number of alkyl halides is 3. The van der Waals surface area contributed by atoms with Crippen molar-refractivity contribution in [2.45, 2.75) is 52.9 Å². The van der Waals surface area contributed by atoms with Crippen molar-refractivity contribution in [1.29, 1.82) is 0 Å². The molecular formula is C13H20F3NO.